The van der Waals surface area contributed by atoms with Gasteiger partial charge in [0.25, 0.3) is 0 Å². The standard InChI is InChI=1S/C23H28N2O5S/c1-16-11-17(2)15-25(14-16)31(27,28)20-6-4-19(5-7-20)24-23(26)13-18-3-8-21-22(12-18)30-10-9-29-21/h3-8,12,16-17H,9-11,13-15H2,1-2H3,(H,24,26)/t16-,17+. The van der Waals surface area contributed by atoms with E-state index in [1.807, 2.05) is 12.1 Å². The molecule has 8 heteroatoms. The van der Waals surface area contributed by atoms with Crippen molar-refractivity contribution in [2.45, 2.75) is 31.6 Å². The number of carbonyl (C=O) groups is 1. The highest BCUT2D eigenvalue weighted by molar-refractivity contribution is 7.89. The molecule has 0 spiro atoms. The van der Waals surface area contributed by atoms with Crippen LogP contribution in [-0.4, -0.2) is 44.9 Å². The van der Waals surface area contributed by atoms with Crippen LogP contribution >= 0.6 is 0 Å². The summed E-state index contributed by atoms with van der Waals surface area (Å²) in [6, 6.07) is 11.8. The van der Waals surface area contributed by atoms with Crippen molar-refractivity contribution in [3.63, 3.8) is 0 Å². The van der Waals surface area contributed by atoms with Gasteiger partial charge >= 0.3 is 0 Å². The van der Waals surface area contributed by atoms with E-state index in [2.05, 4.69) is 19.2 Å². The van der Waals surface area contributed by atoms with E-state index in [0.29, 0.717) is 55.3 Å². The van der Waals surface area contributed by atoms with Crippen molar-refractivity contribution in [2.75, 3.05) is 31.6 Å². The Labute approximate surface area is 183 Å². The van der Waals surface area contributed by atoms with Gasteiger partial charge in [-0.15, -0.1) is 0 Å². The smallest absolute Gasteiger partial charge is 0.243 e. The normalized spacial score (nSPS) is 21.5. The summed E-state index contributed by atoms with van der Waals surface area (Å²) in [5, 5.41) is 2.82. The van der Waals surface area contributed by atoms with Gasteiger partial charge in [-0.1, -0.05) is 19.9 Å². The molecule has 0 saturated carbocycles. The highest BCUT2D eigenvalue weighted by Crippen LogP contribution is 2.31. The van der Waals surface area contributed by atoms with Crippen molar-refractivity contribution >= 4 is 21.6 Å². The number of hydrogen-bond donors (Lipinski definition) is 1. The fraction of sp³-hybridized carbons (Fsp3) is 0.435. The summed E-state index contributed by atoms with van der Waals surface area (Å²) in [6.45, 7) is 6.26. The van der Waals surface area contributed by atoms with Crippen molar-refractivity contribution in [3.8, 4) is 11.5 Å². The summed E-state index contributed by atoms with van der Waals surface area (Å²) < 4.78 is 38.6. The van der Waals surface area contributed by atoms with Gasteiger partial charge in [-0.25, -0.2) is 8.42 Å². The lowest BCUT2D eigenvalue weighted by Gasteiger charge is -2.34. The Bertz CT molecular complexity index is 1040. The second kappa shape index (κ2) is 8.88. The monoisotopic (exact) mass is 444 g/mol. The van der Waals surface area contributed by atoms with Crippen LogP contribution in [0.5, 0.6) is 11.5 Å². The maximum atomic E-state index is 13.0. The van der Waals surface area contributed by atoms with Crippen LogP contribution in [0, 0.1) is 11.8 Å². The zero-order chi connectivity index (χ0) is 22.0. The minimum Gasteiger partial charge on any atom is -0.486 e. The highest BCUT2D eigenvalue weighted by Gasteiger charge is 2.31. The Hall–Kier alpha value is -2.58. The van der Waals surface area contributed by atoms with E-state index < -0.39 is 10.0 Å². The van der Waals surface area contributed by atoms with Crippen LogP contribution in [0.25, 0.3) is 0 Å². The second-order valence-corrected chi connectivity index (χ2v) is 10.4. The van der Waals surface area contributed by atoms with Gasteiger partial charge in [0.15, 0.2) is 11.5 Å². The van der Waals surface area contributed by atoms with Crippen molar-refractivity contribution < 1.29 is 22.7 Å². The average Bonchev–Trinajstić information content (AvgIpc) is 2.73. The van der Waals surface area contributed by atoms with Gasteiger partial charge in [0.2, 0.25) is 15.9 Å². The Morgan fingerprint density at radius 2 is 1.65 bits per heavy atom. The van der Waals surface area contributed by atoms with E-state index in [0.717, 1.165) is 12.0 Å². The van der Waals surface area contributed by atoms with Crippen molar-refractivity contribution in [3.05, 3.63) is 48.0 Å². The Morgan fingerprint density at radius 1 is 1.00 bits per heavy atom. The van der Waals surface area contributed by atoms with E-state index in [-0.39, 0.29) is 17.2 Å². The van der Waals surface area contributed by atoms with E-state index >= 15 is 0 Å². The molecular formula is C23H28N2O5S. The lowest BCUT2D eigenvalue weighted by molar-refractivity contribution is -0.115. The first kappa shape index (κ1) is 21.6. The van der Waals surface area contributed by atoms with Gasteiger partial charge < -0.3 is 14.8 Å². The van der Waals surface area contributed by atoms with Gasteiger partial charge in [-0.2, -0.15) is 4.31 Å². The number of rotatable bonds is 5. The summed E-state index contributed by atoms with van der Waals surface area (Å²) in [7, 11) is -3.54. The van der Waals surface area contributed by atoms with Gasteiger partial charge in [0, 0.05) is 18.8 Å². The molecule has 0 bridgehead atoms. The molecule has 2 atom stereocenters. The SMILES string of the molecule is C[C@@H]1C[C@H](C)CN(S(=O)(=O)c2ccc(NC(=O)Cc3ccc4c(c3)OCCO4)cc2)C1. The number of piperidine rings is 1. The third-order valence-electron chi connectivity index (χ3n) is 5.58. The Kier molecular flexibility index (Phi) is 6.20. The van der Waals surface area contributed by atoms with Crippen LogP contribution in [0.3, 0.4) is 0 Å². The zero-order valence-electron chi connectivity index (χ0n) is 17.8. The molecule has 0 aliphatic carbocycles. The molecule has 1 saturated heterocycles. The molecule has 2 aliphatic heterocycles. The largest absolute Gasteiger partial charge is 0.486 e. The topological polar surface area (TPSA) is 84.9 Å². The molecule has 1 N–H and O–H groups in total. The van der Waals surface area contributed by atoms with Crippen LogP contribution in [0.1, 0.15) is 25.8 Å². The summed E-state index contributed by atoms with van der Waals surface area (Å²) in [5.74, 6) is 1.83. The molecule has 2 aliphatic rings. The van der Waals surface area contributed by atoms with E-state index in [1.165, 1.54) is 0 Å². The summed E-state index contributed by atoms with van der Waals surface area (Å²) in [4.78, 5) is 12.7. The predicted molar refractivity (Wildman–Crippen MR) is 118 cm³/mol. The lowest BCUT2D eigenvalue weighted by Crippen LogP contribution is -2.42. The number of nitrogens with one attached hydrogen (secondary N) is 1. The fourth-order valence-corrected chi connectivity index (χ4v) is 5.93. The minimum atomic E-state index is -3.54. The second-order valence-electron chi connectivity index (χ2n) is 8.50. The number of nitrogens with zero attached hydrogens (tertiary/aromatic N) is 1. The number of hydrogen-bond acceptors (Lipinski definition) is 5. The number of carbonyl (C=O) groups excluding carboxylic acids is 1. The lowest BCUT2D eigenvalue weighted by atomic mass is 9.94. The zero-order valence-corrected chi connectivity index (χ0v) is 18.7. The van der Waals surface area contributed by atoms with Gasteiger partial charge in [-0.05, 0) is 60.2 Å². The third-order valence-corrected chi connectivity index (χ3v) is 7.43. The molecule has 1 fully saturated rings. The van der Waals surface area contributed by atoms with Gasteiger partial charge in [0.1, 0.15) is 13.2 Å². The third kappa shape index (κ3) is 5.02. The maximum absolute atomic E-state index is 13.0. The molecule has 0 unspecified atom stereocenters. The van der Waals surface area contributed by atoms with Crippen molar-refractivity contribution in [1.29, 1.82) is 0 Å². The Balaban J connectivity index is 1.39. The summed E-state index contributed by atoms with van der Waals surface area (Å²) in [6.07, 6.45) is 1.22. The first-order valence-corrected chi connectivity index (χ1v) is 12.0. The molecule has 31 heavy (non-hydrogen) atoms. The number of benzene rings is 2. The molecule has 2 heterocycles. The number of ether oxygens (including phenoxy) is 2. The maximum Gasteiger partial charge on any atom is 0.243 e. The molecule has 0 radical (unpaired) electrons. The molecule has 4 rings (SSSR count). The number of amides is 1. The summed E-state index contributed by atoms with van der Waals surface area (Å²) >= 11 is 0. The molecule has 0 aromatic heterocycles. The van der Waals surface area contributed by atoms with Crippen molar-refractivity contribution in [2.24, 2.45) is 11.8 Å². The van der Waals surface area contributed by atoms with Gasteiger partial charge in [0.05, 0.1) is 11.3 Å². The van der Waals surface area contributed by atoms with E-state index in [4.69, 9.17) is 9.47 Å². The number of anilines is 1. The Morgan fingerprint density at radius 3 is 2.32 bits per heavy atom. The number of fused-ring (bicyclic) bond motifs is 1. The minimum absolute atomic E-state index is 0.181. The van der Waals surface area contributed by atoms with Crippen LogP contribution in [0.15, 0.2) is 47.4 Å². The summed E-state index contributed by atoms with van der Waals surface area (Å²) in [5.41, 5.74) is 1.37. The van der Waals surface area contributed by atoms with E-state index in [9.17, 15) is 13.2 Å². The molecule has 2 aromatic carbocycles. The molecule has 2 aromatic rings. The first-order chi connectivity index (χ1) is 14.8. The van der Waals surface area contributed by atoms with Crippen LogP contribution in [0.2, 0.25) is 0 Å². The van der Waals surface area contributed by atoms with Crippen LogP contribution in [-0.2, 0) is 21.2 Å². The molecule has 166 valence electrons. The molecule has 7 nitrogen and oxygen atoms in total. The first-order valence-electron chi connectivity index (χ1n) is 10.6. The highest BCUT2D eigenvalue weighted by atomic mass is 32.2. The quantitative estimate of drug-likeness (QED) is 0.765. The predicted octanol–water partition coefficient (Wildman–Crippen LogP) is 3.31. The molecular weight excluding hydrogens is 416 g/mol. The van der Waals surface area contributed by atoms with E-state index in [1.54, 1.807) is 34.6 Å². The molecule has 1 amide bonds. The number of sulfonamides is 1. The van der Waals surface area contributed by atoms with Crippen molar-refractivity contribution in [1.82, 2.24) is 4.31 Å². The van der Waals surface area contributed by atoms with Crippen LogP contribution in [0.4, 0.5) is 5.69 Å². The average molecular weight is 445 g/mol. The van der Waals surface area contributed by atoms with Crippen LogP contribution < -0.4 is 14.8 Å². The fourth-order valence-electron chi connectivity index (χ4n) is 4.25. The van der Waals surface area contributed by atoms with Gasteiger partial charge in [-0.3, -0.25) is 4.79 Å².